The smallest absolute Gasteiger partial charge is 0.373 e. The molecule has 7 heteroatoms. The number of anilines is 1. The van der Waals surface area contributed by atoms with Gasteiger partial charge in [0.25, 0.3) is 6.01 Å². The first kappa shape index (κ1) is 13.2. The van der Waals surface area contributed by atoms with Crippen LogP contribution in [0.15, 0.2) is 28.7 Å². The number of hydrogen-bond donors (Lipinski definition) is 3. The number of H-pyrrole nitrogens is 1. The molecule has 0 saturated heterocycles. The lowest BCUT2D eigenvalue weighted by Crippen LogP contribution is -2.06. The van der Waals surface area contributed by atoms with Crippen LogP contribution in [0.1, 0.15) is 22.1 Å². The molecule has 0 aliphatic rings. The number of fused-ring (bicyclic) bond motifs is 1. The summed E-state index contributed by atoms with van der Waals surface area (Å²) in [5.41, 5.74) is 2.27. The van der Waals surface area contributed by atoms with Gasteiger partial charge in [-0.25, -0.2) is 9.78 Å². The molecule has 0 spiro atoms. The van der Waals surface area contributed by atoms with Crippen molar-refractivity contribution in [1.29, 1.82) is 0 Å². The Morgan fingerprint density at radius 1 is 1.38 bits per heavy atom. The zero-order chi connectivity index (χ0) is 14.8. The molecule has 2 heterocycles. The van der Waals surface area contributed by atoms with Crippen LogP contribution in [0.4, 0.5) is 6.01 Å². The summed E-state index contributed by atoms with van der Waals surface area (Å²) in [6, 6.07) is 8.01. The van der Waals surface area contributed by atoms with Gasteiger partial charge in [-0.3, -0.25) is 0 Å². The molecule has 0 aliphatic carbocycles. The molecule has 0 unspecified atom stereocenters. The molecule has 0 aliphatic heterocycles. The Labute approximate surface area is 120 Å². The number of aromatic nitrogens is 3. The molecule has 2 aromatic heterocycles. The van der Waals surface area contributed by atoms with Crippen LogP contribution in [-0.4, -0.2) is 32.6 Å². The van der Waals surface area contributed by atoms with Crippen LogP contribution in [-0.2, 0) is 6.42 Å². The zero-order valence-corrected chi connectivity index (χ0v) is 11.4. The Morgan fingerprint density at radius 2 is 2.19 bits per heavy atom. The second-order valence-corrected chi connectivity index (χ2v) is 4.62. The molecule has 3 N–H and O–H groups in total. The first-order valence-corrected chi connectivity index (χ1v) is 6.51. The number of rotatable bonds is 5. The molecule has 7 nitrogen and oxygen atoms in total. The summed E-state index contributed by atoms with van der Waals surface area (Å²) in [7, 11) is 0. The monoisotopic (exact) mass is 286 g/mol. The van der Waals surface area contributed by atoms with Gasteiger partial charge in [0.1, 0.15) is 5.82 Å². The molecule has 3 rings (SSSR count). The van der Waals surface area contributed by atoms with Crippen molar-refractivity contribution in [2.45, 2.75) is 13.3 Å². The molecule has 21 heavy (non-hydrogen) atoms. The van der Waals surface area contributed by atoms with Crippen molar-refractivity contribution >= 4 is 23.0 Å². The summed E-state index contributed by atoms with van der Waals surface area (Å²) in [4.78, 5) is 22.5. The molecule has 0 fully saturated rings. The van der Waals surface area contributed by atoms with E-state index in [2.05, 4.69) is 20.3 Å². The second-order valence-electron chi connectivity index (χ2n) is 4.62. The van der Waals surface area contributed by atoms with E-state index in [-0.39, 0.29) is 11.8 Å². The average molecular weight is 286 g/mol. The Balaban J connectivity index is 1.63. The number of imidazole rings is 1. The SMILES string of the molecule is Cc1nc(NCCc2nc3ccccc3[nH]2)oc1C(=O)O. The van der Waals surface area contributed by atoms with Crippen molar-refractivity contribution in [2.75, 3.05) is 11.9 Å². The molecular weight excluding hydrogens is 272 g/mol. The fourth-order valence-corrected chi connectivity index (χ4v) is 2.08. The van der Waals surface area contributed by atoms with E-state index < -0.39 is 5.97 Å². The minimum atomic E-state index is -1.12. The first-order chi connectivity index (χ1) is 10.1. The predicted octanol–water partition coefficient (Wildman–Crippen LogP) is 2.21. The van der Waals surface area contributed by atoms with Gasteiger partial charge >= 0.3 is 5.97 Å². The van der Waals surface area contributed by atoms with Gasteiger partial charge in [-0.1, -0.05) is 12.1 Å². The van der Waals surface area contributed by atoms with E-state index >= 15 is 0 Å². The van der Waals surface area contributed by atoms with Crippen LogP contribution >= 0.6 is 0 Å². The van der Waals surface area contributed by atoms with E-state index in [1.807, 2.05) is 24.3 Å². The summed E-state index contributed by atoms with van der Waals surface area (Å²) < 4.78 is 5.12. The number of carboxylic acids is 1. The first-order valence-electron chi connectivity index (χ1n) is 6.51. The number of para-hydroxylation sites is 2. The van der Waals surface area contributed by atoms with Crippen LogP contribution < -0.4 is 5.32 Å². The van der Waals surface area contributed by atoms with Gasteiger partial charge in [0, 0.05) is 13.0 Å². The van der Waals surface area contributed by atoms with Crippen LogP contribution in [0.2, 0.25) is 0 Å². The van der Waals surface area contributed by atoms with E-state index in [9.17, 15) is 4.79 Å². The van der Waals surface area contributed by atoms with E-state index in [1.165, 1.54) is 0 Å². The normalized spacial score (nSPS) is 10.9. The number of oxazole rings is 1. The minimum Gasteiger partial charge on any atom is -0.475 e. The summed E-state index contributed by atoms with van der Waals surface area (Å²) in [6.07, 6.45) is 0.651. The highest BCUT2D eigenvalue weighted by molar-refractivity contribution is 5.85. The number of nitrogens with zero attached hydrogens (tertiary/aromatic N) is 2. The number of nitrogens with one attached hydrogen (secondary N) is 2. The molecule has 0 amide bonds. The number of hydrogen-bond acceptors (Lipinski definition) is 5. The van der Waals surface area contributed by atoms with Crippen molar-refractivity contribution in [3.8, 4) is 0 Å². The van der Waals surface area contributed by atoms with E-state index in [4.69, 9.17) is 9.52 Å². The van der Waals surface area contributed by atoms with Gasteiger partial charge in [-0.2, -0.15) is 4.98 Å². The fraction of sp³-hybridized carbons (Fsp3) is 0.214. The highest BCUT2D eigenvalue weighted by Gasteiger charge is 2.15. The number of aromatic amines is 1. The highest BCUT2D eigenvalue weighted by atomic mass is 16.4. The number of aromatic carboxylic acids is 1. The quantitative estimate of drug-likeness (QED) is 0.664. The van der Waals surface area contributed by atoms with Gasteiger partial charge in [0.05, 0.1) is 16.7 Å². The second kappa shape index (κ2) is 5.28. The standard InChI is InChI=1S/C14H14N4O3/c1-8-12(13(19)20)21-14(16-8)15-7-6-11-17-9-4-2-3-5-10(9)18-11/h2-5H,6-7H2,1H3,(H,15,16)(H,17,18)(H,19,20). The lowest BCUT2D eigenvalue weighted by atomic mass is 10.3. The van der Waals surface area contributed by atoms with Crippen molar-refractivity contribution in [3.05, 3.63) is 41.5 Å². The van der Waals surface area contributed by atoms with E-state index in [0.717, 1.165) is 16.9 Å². The molecule has 0 saturated carbocycles. The summed E-state index contributed by atoms with van der Waals surface area (Å²) in [6.45, 7) is 2.14. The molecule has 3 aromatic rings. The third-order valence-corrected chi connectivity index (χ3v) is 3.07. The zero-order valence-electron chi connectivity index (χ0n) is 11.4. The van der Waals surface area contributed by atoms with Crippen LogP contribution in [0.25, 0.3) is 11.0 Å². The summed E-state index contributed by atoms with van der Waals surface area (Å²) >= 11 is 0. The van der Waals surface area contributed by atoms with Crippen molar-refractivity contribution in [2.24, 2.45) is 0 Å². The third kappa shape index (κ3) is 2.71. The predicted molar refractivity (Wildman–Crippen MR) is 76.5 cm³/mol. The molecule has 0 bridgehead atoms. The summed E-state index contributed by atoms with van der Waals surface area (Å²) in [5, 5.41) is 11.8. The Morgan fingerprint density at radius 3 is 2.90 bits per heavy atom. The van der Waals surface area contributed by atoms with Gasteiger partial charge in [0.15, 0.2) is 0 Å². The van der Waals surface area contributed by atoms with E-state index in [0.29, 0.717) is 18.7 Å². The third-order valence-electron chi connectivity index (χ3n) is 3.07. The average Bonchev–Trinajstić information content (AvgIpc) is 3.01. The fourth-order valence-electron chi connectivity index (χ4n) is 2.08. The van der Waals surface area contributed by atoms with Gasteiger partial charge in [-0.15, -0.1) is 0 Å². The van der Waals surface area contributed by atoms with Crippen molar-refractivity contribution in [1.82, 2.24) is 15.0 Å². The number of carboxylic acid groups (broad SMARTS) is 1. The maximum atomic E-state index is 10.9. The minimum absolute atomic E-state index is 0.138. The lowest BCUT2D eigenvalue weighted by molar-refractivity contribution is 0.0662. The Hall–Kier alpha value is -2.83. The molecule has 0 radical (unpaired) electrons. The number of aryl methyl sites for hydroxylation is 1. The number of benzene rings is 1. The molecule has 0 atom stereocenters. The molecular formula is C14H14N4O3. The van der Waals surface area contributed by atoms with Gasteiger partial charge in [0.2, 0.25) is 5.76 Å². The van der Waals surface area contributed by atoms with Crippen LogP contribution in [0.5, 0.6) is 0 Å². The lowest BCUT2D eigenvalue weighted by Gasteiger charge is -1.98. The largest absolute Gasteiger partial charge is 0.475 e. The highest BCUT2D eigenvalue weighted by Crippen LogP contribution is 2.14. The summed E-state index contributed by atoms with van der Waals surface area (Å²) in [5.74, 6) is -0.406. The topological polar surface area (TPSA) is 104 Å². The van der Waals surface area contributed by atoms with Crippen molar-refractivity contribution < 1.29 is 14.3 Å². The van der Waals surface area contributed by atoms with Gasteiger partial charge < -0.3 is 19.8 Å². The maximum Gasteiger partial charge on any atom is 0.373 e. The maximum absolute atomic E-state index is 10.9. The Bertz CT molecular complexity index is 757. The molecule has 108 valence electrons. The van der Waals surface area contributed by atoms with Crippen molar-refractivity contribution in [3.63, 3.8) is 0 Å². The number of carbonyl (C=O) groups is 1. The van der Waals surface area contributed by atoms with E-state index in [1.54, 1.807) is 6.92 Å². The van der Waals surface area contributed by atoms with Gasteiger partial charge in [-0.05, 0) is 19.1 Å². The van der Waals surface area contributed by atoms with Crippen LogP contribution in [0, 0.1) is 6.92 Å². The Kier molecular flexibility index (Phi) is 3.31. The molecule has 1 aromatic carbocycles. The van der Waals surface area contributed by atoms with Crippen LogP contribution in [0.3, 0.4) is 0 Å².